The Morgan fingerprint density at radius 3 is 2.72 bits per heavy atom. The van der Waals surface area contributed by atoms with Crippen LogP contribution in [0.2, 0.25) is 0 Å². The topological polar surface area (TPSA) is 75.9 Å². The minimum absolute atomic E-state index is 0.0340. The Labute approximate surface area is 148 Å². The fraction of sp³-hybridized carbons (Fsp3) is 0.556. The highest BCUT2D eigenvalue weighted by atomic mass is 16.1. The normalized spacial score (nSPS) is 18.0. The Morgan fingerprint density at radius 1 is 1.32 bits per heavy atom. The maximum absolute atomic E-state index is 12.4. The first-order valence-electron chi connectivity index (χ1n) is 9.00. The number of benzene rings is 1. The summed E-state index contributed by atoms with van der Waals surface area (Å²) in [5.41, 5.74) is 1.51. The molecule has 0 radical (unpaired) electrons. The minimum atomic E-state index is -0.0340. The molecule has 7 heteroatoms. The maximum atomic E-state index is 12.4. The predicted octanol–water partition coefficient (Wildman–Crippen LogP) is 2.14. The molecule has 1 aromatic heterocycles. The molecule has 1 atom stereocenters. The zero-order chi connectivity index (χ0) is 17.8. The standard InChI is InChI=1S/C18H26N6O/c1-4-23-11-5-6-16(23)12-19-18(25)15-9-7-14(8-10-15)17-20-22-24(21-17)13(2)3/h7-10,13,16H,4-6,11-12H2,1-3H3,(H,19,25)/t16-/m1/s1. The van der Waals surface area contributed by atoms with Crippen LogP contribution in [-0.2, 0) is 0 Å². The van der Waals surface area contributed by atoms with Gasteiger partial charge >= 0.3 is 0 Å². The van der Waals surface area contributed by atoms with Gasteiger partial charge in [0.15, 0.2) is 0 Å². The number of hydrogen-bond acceptors (Lipinski definition) is 5. The molecule has 7 nitrogen and oxygen atoms in total. The van der Waals surface area contributed by atoms with Crippen molar-refractivity contribution in [2.45, 2.75) is 45.7 Å². The van der Waals surface area contributed by atoms with Gasteiger partial charge in [-0.1, -0.05) is 19.1 Å². The number of likely N-dealkylation sites (tertiary alicyclic amines) is 1. The third kappa shape index (κ3) is 4.04. The van der Waals surface area contributed by atoms with Gasteiger partial charge in [0.1, 0.15) is 0 Å². The van der Waals surface area contributed by atoms with Crippen LogP contribution in [0.5, 0.6) is 0 Å². The van der Waals surface area contributed by atoms with E-state index in [1.165, 1.54) is 6.42 Å². The van der Waals surface area contributed by atoms with E-state index in [9.17, 15) is 4.79 Å². The van der Waals surface area contributed by atoms with Crippen molar-refractivity contribution in [2.24, 2.45) is 0 Å². The molecule has 1 aliphatic heterocycles. The molecule has 1 aliphatic rings. The van der Waals surface area contributed by atoms with Gasteiger partial charge in [-0.05, 0) is 57.1 Å². The molecule has 0 saturated carbocycles. The number of aromatic nitrogens is 4. The SMILES string of the molecule is CCN1CCC[C@@H]1CNC(=O)c1ccc(-c2nnn(C(C)C)n2)cc1. The van der Waals surface area contributed by atoms with Gasteiger partial charge in [0.05, 0.1) is 6.04 Å². The third-order valence-corrected chi connectivity index (χ3v) is 4.70. The van der Waals surface area contributed by atoms with E-state index in [1.54, 1.807) is 4.80 Å². The number of tetrazole rings is 1. The van der Waals surface area contributed by atoms with Crippen LogP contribution < -0.4 is 5.32 Å². The molecule has 2 heterocycles. The van der Waals surface area contributed by atoms with Crippen LogP contribution >= 0.6 is 0 Å². The number of nitrogens with one attached hydrogen (secondary N) is 1. The number of carbonyl (C=O) groups is 1. The smallest absolute Gasteiger partial charge is 0.251 e. The molecule has 1 saturated heterocycles. The van der Waals surface area contributed by atoms with Gasteiger partial charge < -0.3 is 5.32 Å². The van der Waals surface area contributed by atoms with E-state index in [2.05, 4.69) is 32.6 Å². The fourth-order valence-corrected chi connectivity index (χ4v) is 3.19. The molecule has 3 rings (SSSR count). The lowest BCUT2D eigenvalue weighted by molar-refractivity contribution is 0.0941. The van der Waals surface area contributed by atoms with E-state index >= 15 is 0 Å². The summed E-state index contributed by atoms with van der Waals surface area (Å²) in [6.07, 6.45) is 2.37. The number of amides is 1. The summed E-state index contributed by atoms with van der Waals surface area (Å²) >= 11 is 0. The molecule has 1 N–H and O–H groups in total. The molecule has 2 aromatic rings. The molecule has 0 bridgehead atoms. The van der Waals surface area contributed by atoms with Crippen molar-refractivity contribution in [3.8, 4) is 11.4 Å². The van der Waals surface area contributed by atoms with Crippen molar-refractivity contribution in [2.75, 3.05) is 19.6 Å². The van der Waals surface area contributed by atoms with Gasteiger partial charge in [0.2, 0.25) is 5.82 Å². The maximum Gasteiger partial charge on any atom is 0.251 e. The number of nitrogens with zero attached hydrogens (tertiary/aromatic N) is 5. The van der Waals surface area contributed by atoms with Crippen molar-refractivity contribution in [1.29, 1.82) is 0 Å². The minimum Gasteiger partial charge on any atom is -0.350 e. The Hall–Kier alpha value is -2.28. The zero-order valence-electron chi connectivity index (χ0n) is 15.1. The van der Waals surface area contributed by atoms with Crippen LogP contribution in [0, 0.1) is 0 Å². The van der Waals surface area contributed by atoms with Crippen LogP contribution in [-0.4, -0.2) is 56.7 Å². The van der Waals surface area contributed by atoms with Gasteiger partial charge in [-0.15, -0.1) is 10.2 Å². The molecule has 25 heavy (non-hydrogen) atoms. The highest BCUT2D eigenvalue weighted by molar-refractivity contribution is 5.94. The molecule has 1 fully saturated rings. The van der Waals surface area contributed by atoms with Gasteiger partial charge in [-0.3, -0.25) is 9.69 Å². The highest BCUT2D eigenvalue weighted by Crippen LogP contribution is 2.17. The lowest BCUT2D eigenvalue weighted by Gasteiger charge is -2.22. The Balaban J connectivity index is 1.60. The molecule has 0 spiro atoms. The second kappa shape index (κ2) is 7.74. The van der Waals surface area contributed by atoms with Gasteiger partial charge in [0, 0.05) is 23.7 Å². The van der Waals surface area contributed by atoms with Crippen LogP contribution in [0.4, 0.5) is 0 Å². The lowest BCUT2D eigenvalue weighted by Crippen LogP contribution is -2.40. The first kappa shape index (κ1) is 17.5. The van der Waals surface area contributed by atoms with Crippen LogP contribution in [0.15, 0.2) is 24.3 Å². The summed E-state index contributed by atoms with van der Waals surface area (Å²) in [6, 6.07) is 7.99. The summed E-state index contributed by atoms with van der Waals surface area (Å²) in [4.78, 5) is 16.4. The van der Waals surface area contributed by atoms with Gasteiger partial charge in [-0.2, -0.15) is 4.80 Å². The summed E-state index contributed by atoms with van der Waals surface area (Å²) in [5, 5.41) is 15.5. The van der Waals surface area contributed by atoms with E-state index in [0.29, 0.717) is 24.0 Å². The van der Waals surface area contributed by atoms with Crippen LogP contribution in [0.25, 0.3) is 11.4 Å². The van der Waals surface area contributed by atoms with Crippen LogP contribution in [0.1, 0.15) is 50.0 Å². The summed E-state index contributed by atoms with van der Waals surface area (Å²) < 4.78 is 0. The van der Waals surface area contributed by atoms with Gasteiger partial charge in [0.25, 0.3) is 5.91 Å². The van der Waals surface area contributed by atoms with E-state index in [4.69, 9.17) is 0 Å². The summed E-state index contributed by atoms with van der Waals surface area (Å²) in [5.74, 6) is 0.540. The average molecular weight is 342 g/mol. The monoisotopic (exact) mass is 342 g/mol. The third-order valence-electron chi connectivity index (χ3n) is 4.70. The molecule has 134 valence electrons. The van der Waals surface area contributed by atoms with Gasteiger partial charge in [-0.25, -0.2) is 0 Å². The van der Waals surface area contributed by atoms with Crippen molar-refractivity contribution in [3.05, 3.63) is 29.8 Å². The quantitative estimate of drug-likeness (QED) is 0.870. The summed E-state index contributed by atoms with van der Waals surface area (Å²) in [6.45, 7) is 9.06. The largest absolute Gasteiger partial charge is 0.350 e. The Kier molecular flexibility index (Phi) is 5.43. The Bertz CT molecular complexity index is 709. The Morgan fingerprint density at radius 2 is 2.08 bits per heavy atom. The molecule has 0 aliphatic carbocycles. The second-order valence-corrected chi connectivity index (χ2v) is 6.74. The zero-order valence-corrected chi connectivity index (χ0v) is 15.1. The second-order valence-electron chi connectivity index (χ2n) is 6.74. The van der Waals surface area contributed by atoms with Crippen molar-refractivity contribution >= 4 is 5.91 Å². The molecular formula is C18H26N6O. The predicted molar refractivity (Wildman–Crippen MR) is 96.2 cm³/mol. The van der Waals surface area contributed by atoms with E-state index < -0.39 is 0 Å². The lowest BCUT2D eigenvalue weighted by atomic mass is 10.1. The fourth-order valence-electron chi connectivity index (χ4n) is 3.19. The van der Waals surface area contributed by atoms with E-state index in [-0.39, 0.29) is 11.9 Å². The number of carbonyl (C=O) groups excluding carboxylic acids is 1. The summed E-state index contributed by atoms with van der Waals surface area (Å²) in [7, 11) is 0. The molecular weight excluding hydrogens is 316 g/mol. The molecule has 0 unspecified atom stereocenters. The number of hydrogen-bond donors (Lipinski definition) is 1. The highest BCUT2D eigenvalue weighted by Gasteiger charge is 2.23. The molecule has 1 amide bonds. The van der Waals surface area contributed by atoms with Crippen molar-refractivity contribution in [1.82, 2.24) is 30.4 Å². The number of likely N-dealkylation sites (N-methyl/N-ethyl adjacent to an activating group) is 1. The van der Waals surface area contributed by atoms with Crippen molar-refractivity contribution < 1.29 is 4.79 Å². The first-order chi connectivity index (χ1) is 12.1. The first-order valence-corrected chi connectivity index (χ1v) is 9.00. The molecule has 1 aromatic carbocycles. The van der Waals surface area contributed by atoms with E-state index in [0.717, 1.165) is 25.1 Å². The average Bonchev–Trinajstić information content (AvgIpc) is 3.29. The van der Waals surface area contributed by atoms with Crippen LogP contribution in [0.3, 0.4) is 0 Å². The van der Waals surface area contributed by atoms with Crippen molar-refractivity contribution in [3.63, 3.8) is 0 Å². The number of rotatable bonds is 6. The van der Waals surface area contributed by atoms with E-state index in [1.807, 2.05) is 38.1 Å².